The van der Waals surface area contributed by atoms with Crippen LogP contribution in [0.5, 0.6) is 5.88 Å². The lowest BCUT2D eigenvalue weighted by Gasteiger charge is -2.04. The quantitative estimate of drug-likeness (QED) is 0.720. The first-order chi connectivity index (χ1) is 8.78. The van der Waals surface area contributed by atoms with Crippen LogP contribution in [-0.2, 0) is 0 Å². The third-order valence-corrected chi connectivity index (χ3v) is 2.76. The van der Waals surface area contributed by atoms with Gasteiger partial charge in [-0.2, -0.15) is 0 Å². The van der Waals surface area contributed by atoms with Crippen LogP contribution in [0.15, 0.2) is 41.2 Å². The van der Waals surface area contributed by atoms with Crippen LogP contribution in [0.2, 0.25) is 0 Å². The van der Waals surface area contributed by atoms with Crippen LogP contribution in [0, 0.1) is 0 Å². The molecule has 0 bridgehead atoms. The minimum Gasteiger partial charge on any atom is -0.481 e. The summed E-state index contributed by atoms with van der Waals surface area (Å²) in [5.41, 5.74) is 2.92. The summed E-state index contributed by atoms with van der Waals surface area (Å²) in [5, 5.41) is 0. The molecule has 0 saturated heterocycles. The second kappa shape index (κ2) is 4.03. The van der Waals surface area contributed by atoms with Crippen LogP contribution < -0.4 is 10.4 Å². The average molecular weight is 241 g/mol. The normalized spacial score (nSPS) is 10.7. The first-order valence-electron chi connectivity index (χ1n) is 5.50. The summed E-state index contributed by atoms with van der Waals surface area (Å²) in [6, 6.07) is 11.2. The summed E-state index contributed by atoms with van der Waals surface area (Å²) in [5.74, 6) is 0.544. The Morgan fingerprint density at radius 1 is 1.11 bits per heavy atom. The minimum absolute atomic E-state index is 0.222. The van der Waals surface area contributed by atoms with Crippen molar-refractivity contribution in [3.05, 3.63) is 46.9 Å². The van der Waals surface area contributed by atoms with Gasteiger partial charge in [-0.25, -0.2) is 9.78 Å². The molecule has 1 aromatic carbocycles. The largest absolute Gasteiger partial charge is 0.481 e. The van der Waals surface area contributed by atoms with Gasteiger partial charge in [-0.1, -0.05) is 18.2 Å². The van der Waals surface area contributed by atoms with Crippen LogP contribution in [-0.4, -0.2) is 22.1 Å². The molecule has 0 unspecified atom stereocenters. The number of imidazole rings is 1. The van der Waals surface area contributed by atoms with E-state index in [1.807, 2.05) is 30.3 Å². The number of H-pyrrole nitrogens is 2. The second-order valence-corrected chi connectivity index (χ2v) is 3.87. The molecule has 18 heavy (non-hydrogen) atoms. The van der Waals surface area contributed by atoms with Gasteiger partial charge >= 0.3 is 5.69 Å². The highest BCUT2D eigenvalue weighted by Crippen LogP contribution is 2.25. The molecule has 2 aromatic heterocycles. The number of aromatic nitrogens is 3. The van der Waals surface area contributed by atoms with Crippen LogP contribution >= 0.6 is 0 Å². The lowest BCUT2D eigenvalue weighted by Crippen LogP contribution is -1.99. The van der Waals surface area contributed by atoms with Gasteiger partial charge in [0.2, 0.25) is 5.88 Å². The number of hydrogen-bond donors (Lipinski definition) is 2. The Balaban J connectivity index is 2.27. The van der Waals surface area contributed by atoms with E-state index in [4.69, 9.17) is 4.74 Å². The van der Waals surface area contributed by atoms with Crippen LogP contribution in [0.4, 0.5) is 0 Å². The van der Waals surface area contributed by atoms with Crippen molar-refractivity contribution in [3.63, 3.8) is 0 Å². The Labute approximate surface area is 102 Å². The molecule has 0 aliphatic rings. The van der Waals surface area contributed by atoms with Crippen LogP contribution in [0.25, 0.3) is 22.3 Å². The third kappa shape index (κ3) is 1.66. The van der Waals surface area contributed by atoms with E-state index in [9.17, 15) is 4.79 Å². The third-order valence-electron chi connectivity index (χ3n) is 2.76. The molecule has 0 radical (unpaired) electrons. The van der Waals surface area contributed by atoms with Gasteiger partial charge in [0.15, 0.2) is 0 Å². The van der Waals surface area contributed by atoms with E-state index in [-0.39, 0.29) is 5.69 Å². The van der Waals surface area contributed by atoms with E-state index < -0.39 is 0 Å². The zero-order chi connectivity index (χ0) is 12.5. The number of para-hydroxylation sites is 1. The first kappa shape index (κ1) is 10.6. The Kier molecular flexibility index (Phi) is 2.37. The molecule has 5 nitrogen and oxygen atoms in total. The number of nitrogens with zero attached hydrogens (tertiary/aromatic N) is 1. The lowest BCUT2D eigenvalue weighted by molar-refractivity contribution is 0.398. The summed E-state index contributed by atoms with van der Waals surface area (Å²) in [4.78, 5) is 21.2. The molecule has 0 fully saturated rings. The fraction of sp³-hybridized carbons (Fsp3) is 0.0769. The molecular weight excluding hydrogens is 230 g/mol. The van der Waals surface area contributed by atoms with E-state index in [1.165, 1.54) is 0 Å². The van der Waals surface area contributed by atoms with Gasteiger partial charge in [0.05, 0.1) is 23.8 Å². The smallest absolute Gasteiger partial charge is 0.323 e. The van der Waals surface area contributed by atoms with Gasteiger partial charge in [0.1, 0.15) is 0 Å². The number of fused-ring (bicyclic) bond motifs is 1. The van der Waals surface area contributed by atoms with Gasteiger partial charge < -0.3 is 14.7 Å². The van der Waals surface area contributed by atoms with Crippen molar-refractivity contribution >= 4 is 11.0 Å². The van der Waals surface area contributed by atoms with Crippen molar-refractivity contribution in [1.82, 2.24) is 15.0 Å². The molecule has 0 saturated carbocycles. The predicted octanol–water partition coefficient (Wildman–Crippen LogP) is 1.93. The van der Waals surface area contributed by atoms with Gasteiger partial charge in [-0.3, -0.25) is 0 Å². The Bertz CT molecular complexity index is 758. The first-order valence-corrected chi connectivity index (χ1v) is 5.50. The predicted molar refractivity (Wildman–Crippen MR) is 68.7 cm³/mol. The topological polar surface area (TPSA) is 70.8 Å². The number of rotatable bonds is 2. The number of nitrogens with one attached hydrogen (secondary N) is 2. The summed E-state index contributed by atoms with van der Waals surface area (Å²) in [6.45, 7) is 0. The van der Waals surface area contributed by atoms with Crippen molar-refractivity contribution in [3.8, 4) is 17.1 Å². The van der Waals surface area contributed by atoms with Crippen molar-refractivity contribution < 1.29 is 4.74 Å². The van der Waals surface area contributed by atoms with E-state index in [1.54, 1.807) is 13.2 Å². The zero-order valence-corrected chi connectivity index (χ0v) is 9.73. The monoisotopic (exact) mass is 241 g/mol. The van der Waals surface area contributed by atoms with E-state index >= 15 is 0 Å². The number of benzene rings is 1. The fourth-order valence-electron chi connectivity index (χ4n) is 1.95. The highest BCUT2D eigenvalue weighted by molar-refractivity contribution is 5.90. The molecule has 0 spiro atoms. The number of aromatic amines is 2. The van der Waals surface area contributed by atoms with Crippen molar-refractivity contribution in [2.75, 3.05) is 7.11 Å². The molecular formula is C13H11N3O2. The minimum atomic E-state index is -0.222. The van der Waals surface area contributed by atoms with Crippen molar-refractivity contribution in [1.29, 1.82) is 0 Å². The van der Waals surface area contributed by atoms with E-state index in [0.29, 0.717) is 5.88 Å². The maximum atomic E-state index is 11.3. The Hall–Kier alpha value is -2.56. The number of pyridine rings is 1. The molecule has 0 amide bonds. The molecule has 0 atom stereocenters. The summed E-state index contributed by atoms with van der Waals surface area (Å²) >= 11 is 0. The van der Waals surface area contributed by atoms with Gasteiger partial charge in [-0.05, 0) is 12.1 Å². The lowest BCUT2D eigenvalue weighted by atomic mass is 10.1. The average Bonchev–Trinajstić information content (AvgIpc) is 2.78. The van der Waals surface area contributed by atoms with Crippen molar-refractivity contribution in [2.45, 2.75) is 0 Å². The van der Waals surface area contributed by atoms with Crippen LogP contribution in [0.3, 0.4) is 0 Å². The van der Waals surface area contributed by atoms with Gasteiger partial charge in [0, 0.05) is 11.6 Å². The number of methoxy groups -OCH3 is 1. The maximum absolute atomic E-state index is 11.3. The zero-order valence-electron chi connectivity index (χ0n) is 9.73. The molecule has 2 N–H and O–H groups in total. The standard InChI is InChI=1S/C13H11N3O2/c1-18-11-7-3-5-9(14-11)8-4-2-6-10-12(8)16-13(17)15-10/h2-7H,1H3,(H2,15,16,17). The molecule has 3 rings (SSSR count). The highest BCUT2D eigenvalue weighted by Gasteiger charge is 2.08. The second-order valence-electron chi connectivity index (χ2n) is 3.87. The van der Waals surface area contributed by atoms with Crippen LogP contribution in [0.1, 0.15) is 0 Å². The maximum Gasteiger partial charge on any atom is 0.323 e. The Morgan fingerprint density at radius 3 is 2.78 bits per heavy atom. The summed E-state index contributed by atoms with van der Waals surface area (Å²) < 4.78 is 5.10. The summed E-state index contributed by atoms with van der Waals surface area (Å²) in [6.07, 6.45) is 0. The fourth-order valence-corrected chi connectivity index (χ4v) is 1.95. The Morgan fingerprint density at radius 2 is 1.94 bits per heavy atom. The number of ether oxygens (including phenoxy) is 1. The van der Waals surface area contributed by atoms with Gasteiger partial charge in [-0.15, -0.1) is 0 Å². The molecule has 5 heteroatoms. The molecule has 0 aliphatic carbocycles. The SMILES string of the molecule is COc1cccc(-c2cccc3[nH]c(=O)[nH]c23)n1. The molecule has 2 heterocycles. The summed E-state index contributed by atoms with van der Waals surface area (Å²) in [7, 11) is 1.57. The number of hydrogen-bond acceptors (Lipinski definition) is 3. The highest BCUT2D eigenvalue weighted by atomic mass is 16.5. The van der Waals surface area contributed by atoms with Crippen molar-refractivity contribution in [2.24, 2.45) is 0 Å². The molecule has 0 aliphatic heterocycles. The van der Waals surface area contributed by atoms with E-state index in [0.717, 1.165) is 22.3 Å². The molecule has 3 aromatic rings. The van der Waals surface area contributed by atoms with Gasteiger partial charge in [0.25, 0.3) is 0 Å². The molecule has 90 valence electrons. The van der Waals surface area contributed by atoms with E-state index in [2.05, 4.69) is 15.0 Å².